The molecule has 2 fully saturated rings. The Balaban J connectivity index is 1.74. The molecule has 1 aromatic heterocycles. The topological polar surface area (TPSA) is 69.7 Å². The van der Waals surface area contributed by atoms with E-state index < -0.39 is 11.2 Å². The Morgan fingerprint density at radius 1 is 1.30 bits per heavy atom. The molecule has 0 atom stereocenters. The molecule has 1 spiro atoms. The zero-order chi connectivity index (χ0) is 19.5. The van der Waals surface area contributed by atoms with Crippen LogP contribution in [0.25, 0.3) is 0 Å². The zero-order valence-corrected chi connectivity index (χ0v) is 17.9. The molecule has 1 saturated heterocycles. The van der Waals surface area contributed by atoms with E-state index in [9.17, 15) is 4.79 Å². The largest absolute Gasteiger partial charge is 0.458 e. The van der Waals surface area contributed by atoms with Crippen molar-refractivity contribution < 1.29 is 19.0 Å². The summed E-state index contributed by atoms with van der Waals surface area (Å²) in [6.07, 6.45) is 5.15. The van der Waals surface area contributed by atoms with Gasteiger partial charge < -0.3 is 19.5 Å². The maximum Gasteiger partial charge on any atom is 0.332 e. The van der Waals surface area contributed by atoms with E-state index in [1.165, 1.54) is 0 Å². The Morgan fingerprint density at radius 2 is 2.04 bits per heavy atom. The van der Waals surface area contributed by atoms with Gasteiger partial charge in [-0.15, -0.1) is 0 Å². The Morgan fingerprint density at radius 3 is 2.59 bits per heavy atom. The van der Waals surface area contributed by atoms with Crippen molar-refractivity contribution >= 4 is 21.9 Å². The molecule has 6 nitrogen and oxygen atoms in total. The molecule has 1 saturated carbocycles. The number of carbonyl (C=O) groups is 1. The van der Waals surface area contributed by atoms with Crippen LogP contribution in [0.3, 0.4) is 0 Å². The predicted molar refractivity (Wildman–Crippen MR) is 105 cm³/mol. The lowest BCUT2D eigenvalue weighted by atomic mass is 9.72. The number of nitrogens with zero attached hydrogens (tertiary/aromatic N) is 1. The van der Waals surface area contributed by atoms with Crippen molar-refractivity contribution in [3.8, 4) is 0 Å². The van der Waals surface area contributed by atoms with Crippen LogP contribution in [0.5, 0.6) is 0 Å². The van der Waals surface area contributed by atoms with Gasteiger partial charge in [-0.25, -0.2) is 9.78 Å². The van der Waals surface area contributed by atoms with E-state index in [1.54, 1.807) is 0 Å². The van der Waals surface area contributed by atoms with Gasteiger partial charge in [0.05, 0.1) is 17.8 Å². The molecular formula is C20H29BrN2O4. The van der Waals surface area contributed by atoms with Gasteiger partial charge in [0.1, 0.15) is 16.8 Å². The van der Waals surface area contributed by atoms with Gasteiger partial charge in [0.15, 0.2) is 0 Å². The number of pyridine rings is 1. The molecule has 1 aromatic rings. The van der Waals surface area contributed by atoms with E-state index in [4.69, 9.17) is 14.2 Å². The summed E-state index contributed by atoms with van der Waals surface area (Å²) in [6.45, 7) is 8.02. The Hall–Kier alpha value is -1.02. The first-order valence-electron chi connectivity index (χ1n) is 9.55. The van der Waals surface area contributed by atoms with Gasteiger partial charge in [0.25, 0.3) is 0 Å². The summed E-state index contributed by atoms with van der Waals surface area (Å²) in [7, 11) is 0. The van der Waals surface area contributed by atoms with E-state index in [-0.39, 0.29) is 18.2 Å². The third-order valence-corrected chi connectivity index (χ3v) is 5.71. The Labute approximate surface area is 169 Å². The van der Waals surface area contributed by atoms with Crippen LogP contribution in [0.2, 0.25) is 0 Å². The number of carbonyl (C=O) groups excluding carboxylic acids is 1. The van der Waals surface area contributed by atoms with E-state index >= 15 is 0 Å². The fraction of sp³-hybridized carbons (Fsp3) is 0.700. The van der Waals surface area contributed by atoms with Crippen LogP contribution in [0, 0.1) is 0 Å². The number of morpholine rings is 1. The molecule has 2 aliphatic rings. The second kappa shape index (κ2) is 8.15. The van der Waals surface area contributed by atoms with Gasteiger partial charge in [-0.2, -0.15) is 0 Å². The zero-order valence-electron chi connectivity index (χ0n) is 16.3. The lowest BCUT2D eigenvalue weighted by Gasteiger charge is -2.47. The number of hydrogen-bond donors (Lipinski definition) is 1. The van der Waals surface area contributed by atoms with Gasteiger partial charge in [-0.3, -0.25) is 0 Å². The minimum atomic E-state index is -0.545. The molecule has 2 heterocycles. The van der Waals surface area contributed by atoms with Crippen molar-refractivity contribution in [3.63, 3.8) is 0 Å². The highest BCUT2D eigenvalue weighted by Crippen LogP contribution is 2.45. The van der Waals surface area contributed by atoms with Crippen LogP contribution < -0.4 is 5.32 Å². The van der Waals surface area contributed by atoms with Gasteiger partial charge in [-0.05, 0) is 68.5 Å². The standard InChI is InChI=1S/C20H29BrN2O4/c1-18(2,3)27-17(24)13-26-20(15-4-5-16(21)23-12-15)8-6-19(7-9-20)14-22-10-11-25-19/h4-5,12,22H,6-11,13-14H2,1-3H3. The second-order valence-corrected chi connectivity index (χ2v) is 9.26. The highest BCUT2D eigenvalue weighted by Gasteiger charge is 2.46. The molecule has 0 radical (unpaired) electrons. The lowest BCUT2D eigenvalue weighted by Crippen LogP contribution is -2.54. The lowest BCUT2D eigenvalue weighted by molar-refractivity contribution is -0.179. The van der Waals surface area contributed by atoms with Crippen molar-refractivity contribution in [2.75, 3.05) is 26.3 Å². The number of esters is 1. The van der Waals surface area contributed by atoms with Crippen molar-refractivity contribution in [3.05, 3.63) is 28.5 Å². The average Bonchev–Trinajstić information content (AvgIpc) is 2.62. The first kappa shape index (κ1) is 20.7. The SMILES string of the molecule is CC(C)(C)OC(=O)COC1(c2ccc(Br)nc2)CCC2(CC1)CNCCO2. The Bertz CT molecular complexity index is 641. The van der Waals surface area contributed by atoms with Crippen molar-refractivity contribution in [2.45, 2.75) is 63.3 Å². The first-order chi connectivity index (χ1) is 12.7. The van der Waals surface area contributed by atoms with Gasteiger partial charge >= 0.3 is 5.97 Å². The maximum absolute atomic E-state index is 12.2. The fourth-order valence-corrected chi connectivity index (χ4v) is 4.10. The fourth-order valence-electron chi connectivity index (χ4n) is 3.87. The third kappa shape index (κ3) is 5.28. The maximum atomic E-state index is 12.2. The molecule has 27 heavy (non-hydrogen) atoms. The molecule has 7 heteroatoms. The monoisotopic (exact) mass is 440 g/mol. The highest BCUT2D eigenvalue weighted by atomic mass is 79.9. The van der Waals surface area contributed by atoms with Crippen LogP contribution in [-0.2, 0) is 24.6 Å². The van der Waals surface area contributed by atoms with E-state index in [0.29, 0.717) is 0 Å². The molecule has 0 amide bonds. The van der Waals surface area contributed by atoms with Gasteiger partial charge in [-0.1, -0.05) is 6.07 Å². The summed E-state index contributed by atoms with van der Waals surface area (Å²) < 4.78 is 18.5. The van der Waals surface area contributed by atoms with Crippen LogP contribution in [0.4, 0.5) is 0 Å². The number of aromatic nitrogens is 1. The van der Waals surface area contributed by atoms with Gasteiger partial charge in [0.2, 0.25) is 0 Å². The third-order valence-electron chi connectivity index (χ3n) is 5.24. The molecule has 0 aromatic carbocycles. The number of rotatable bonds is 4. The predicted octanol–water partition coefficient (Wildman–Crippen LogP) is 3.33. The summed E-state index contributed by atoms with van der Waals surface area (Å²) in [5.74, 6) is -0.345. The summed E-state index contributed by atoms with van der Waals surface area (Å²) in [5.41, 5.74) is -0.200. The smallest absolute Gasteiger partial charge is 0.332 e. The van der Waals surface area contributed by atoms with E-state index in [1.807, 2.05) is 39.1 Å². The van der Waals surface area contributed by atoms with E-state index in [0.717, 1.165) is 55.5 Å². The molecule has 3 rings (SSSR count). The normalized spacial score (nSPS) is 28.9. The van der Waals surface area contributed by atoms with Crippen molar-refractivity contribution in [2.24, 2.45) is 0 Å². The van der Waals surface area contributed by atoms with Crippen LogP contribution in [-0.4, -0.2) is 48.5 Å². The molecule has 150 valence electrons. The molecule has 0 bridgehead atoms. The average molecular weight is 441 g/mol. The van der Waals surface area contributed by atoms with Crippen LogP contribution in [0.1, 0.15) is 52.0 Å². The van der Waals surface area contributed by atoms with Gasteiger partial charge in [0, 0.05) is 24.8 Å². The second-order valence-electron chi connectivity index (χ2n) is 8.45. The van der Waals surface area contributed by atoms with Crippen LogP contribution >= 0.6 is 15.9 Å². The number of ether oxygens (including phenoxy) is 3. The molecule has 1 N–H and O–H groups in total. The molecular weight excluding hydrogens is 412 g/mol. The summed E-state index contributed by atoms with van der Waals surface area (Å²) in [6, 6.07) is 3.93. The summed E-state index contributed by atoms with van der Waals surface area (Å²) in [4.78, 5) is 16.6. The first-order valence-corrected chi connectivity index (χ1v) is 10.3. The molecule has 0 unspecified atom stereocenters. The minimum absolute atomic E-state index is 0.0700. The minimum Gasteiger partial charge on any atom is -0.458 e. The summed E-state index contributed by atoms with van der Waals surface area (Å²) >= 11 is 3.39. The number of halogens is 1. The van der Waals surface area contributed by atoms with Crippen molar-refractivity contribution in [1.29, 1.82) is 0 Å². The molecule has 1 aliphatic carbocycles. The van der Waals surface area contributed by atoms with Crippen molar-refractivity contribution in [1.82, 2.24) is 10.3 Å². The number of nitrogens with one attached hydrogen (secondary N) is 1. The van der Waals surface area contributed by atoms with Crippen LogP contribution in [0.15, 0.2) is 22.9 Å². The quantitative estimate of drug-likeness (QED) is 0.571. The Kier molecular flexibility index (Phi) is 6.25. The van der Waals surface area contributed by atoms with E-state index in [2.05, 4.69) is 26.2 Å². The number of hydrogen-bond acceptors (Lipinski definition) is 6. The highest BCUT2D eigenvalue weighted by molar-refractivity contribution is 9.10. The summed E-state index contributed by atoms with van der Waals surface area (Å²) in [5, 5.41) is 3.44. The molecule has 1 aliphatic heterocycles.